The zero-order valence-corrected chi connectivity index (χ0v) is 22.8. The van der Waals surface area contributed by atoms with Gasteiger partial charge in [0, 0.05) is 49.3 Å². The standard InChI is InChI=1S/C28H39N9O3/c29-12-16-39-18-19-40-17-15-31-25(38)22-6-8-24(9-7-22)34-28-36-26(32-20-21-10-13-30-14-11-21)35-27(37-28)33-23-4-2-1-3-5-23/h6-11,13-14,23H,1-5,12,15-20,29H2,(H,31,38)(H3,32,33,34,35,36,37). The van der Waals surface area contributed by atoms with Crippen molar-refractivity contribution in [3.05, 3.63) is 59.9 Å². The van der Waals surface area contributed by atoms with E-state index in [1.165, 1.54) is 19.3 Å². The molecule has 1 fully saturated rings. The van der Waals surface area contributed by atoms with Crippen LogP contribution in [0.25, 0.3) is 0 Å². The highest BCUT2D eigenvalue weighted by Gasteiger charge is 2.16. The molecule has 2 aromatic heterocycles. The molecule has 1 aliphatic rings. The van der Waals surface area contributed by atoms with E-state index < -0.39 is 0 Å². The second kappa shape index (κ2) is 16.3. The van der Waals surface area contributed by atoms with Gasteiger partial charge in [-0.05, 0) is 54.8 Å². The topological polar surface area (TPSA) is 161 Å². The average Bonchev–Trinajstić information content (AvgIpc) is 2.99. The van der Waals surface area contributed by atoms with Gasteiger partial charge in [0.05, 0.1) is 26.4 Å². The third kappa shape index (κ3) is 10.0. The molecule has 3 aromatic rings. The summed E-state index contributed by atoms with van der Waals surface area (Å²) < 4.78 is 10.7. The van der Waals surface area contributed by atoms with Gasteiger partial charge in [0.1, 0.15) is 0 Å². The zero-order chi connectivity index (χ0) is 27.8. The van der Waals surface area contributed by atoms with Gasteiger partial charge in [0.2, 0.25) is 17.8 Å². The predicted octanol–water partition coefficient (Wildman–Crippen LogP) is 3.09. The van der Waals surface area contributed by atoms with Crippen LogP contribution in [-0.2, 0) is 16.0 Å². The van der Waals surface area contributed by atoms with Crippen LogP contribution in [0.2, 0.25) is 0 Å². The summed E-state index contributed by atoms with van der Waals surface area (Å²) in [6.45, 7) is 3.34. The summed E-state index contributed by atoms with van der Waals surface area (Å²) in [5.41, 5.74) is 7.75. The Kier molecular flexibility index (Phi) is 11.9. The second-order valence-electron chi connectivity index (χ2n) is 9.47. The molecule has 6 N–H and O–H groups in total. The number of aromatic nitrogens is 4. The van der Waals surface area contributed by atoms with Gasteiger partial charge in [-0.2, -0.15) is 15.0 Å². The highest BCUT2D eigenvalue weighted by molar-refractivity contribution is 5.94. The first-order valence-electron chi connectivity index (χ1n) is 13.9. The lowest BCUT2D eigenvalue weighted by atomic mass is 9.96. The van der Waals surface area contributed by atoms with Crippen molar-refractivity contribution in [3.63, 3.8) is 0 Å². The molecule has 1 aliphatic carbocycles. The van der Waals surface area contributed by atoms with E-state index >= 15 is 0 Å². The lowest BCUT2D eigenvalue weighted by molar-refractivity contribution is 0.0511. The third-order valence-corrected chi connectivity index (χ3v) is 6.34. The number of ether oxygens (including phenoxy) is 2. The minimum Gasteiger partial charge on any atom is -0.378 e. The van der Waals surface area contributed by atoms with Crippen LogP contribution in [-0.4, -0.2) is 71.4 Å². The monoisotopic (exact) mass is 549 g/mol. The molecule has 0 bridgehead atoms. The van der Waals surface area contributed by atoms with Crippen molar-refractivity contribution in [1.82, 2.24) is 25.3 Å². The van der Waals surface area contributed by atoms with Crippen LogP contribution in [0, 0.1) is 0 Å². The molecule has 1 saturated carbocycles. The fraction of sp³-hybridized carbons (Fsp3) is 0.464. The van der Waals surface area contributed by atoms with Gasteiger partial charge in [-0.15, -0.1) is 0 Å². The lowest BCUT2D eigenvalue weighted by Gasteiger charge is -2.23. The van der Waals surface area contributed by atoms with Gasteiger partial charge in [-0.3, -0.25) is 9.78 Å². The lowest BCUT2D eigenvalue weighted by Crippen LogP contribution is -2.27. The minimum atomic E-state index is -0.170. The number of nitrogens with zero attached hydrogens (tertiary/aromatic N) is 4. The van der Waals surface area contributed by atoms with Gasteiger partial charge in [0.15, 0.2) is 0 Å². The summed E-state index contributed by atoms with van der Waals surface area (Å²) >= 11 is 0. The van der Waals surface area contributed by atoms with Crippen LogP contribution in [0.3, 0.4) is 0 Å². The highest BCUT2D eigenvalue weighted by Crippen LogP contribution is 2.22. The Hall–Kier alpha value is -3.87. The normalized spacial score (nSPS) is 13.5. The Bertz CT molecular complexity index is 1160. The summed E-state index contributed by atoms with van der Waals surface area (Å²) in [6.07, 6.45) is 9.41. The molecule has 1 aromatic carbocycles. The van der Waals surface area contributed by atoms with Crippen LogP contribution in [0.1, 0.15) is 48.0 Å². The number of rotatable bonds is 16. The number of benzene rings is 1. The number of nitrogens with one attached hydrogen (secondary N) is 4. The Morgan fingerprint density at radius 3 is 2.30 bits per heavy atom. The molecular weight excluding hydrogens is 510 g/mol. The summed E-state index contributed by atoms with van der Waals surface area (Å²) in [6, 6.07) is 11.4. The van der Waals surface area contributed by atoms with Crippen molar-refractivity contribution in [3.8, 4) is 0 Å². The van der Waals surface area contributed by atoms with Crippen molar-refractivity contribution in [2.45, 2.75) is 44.7 Å². The number of amides is 1. The summed E-state index contributed by atoms with van der Waals surface area (Å²) in [4.78, 5) is 30.3. The number of hydrogen-bond acceptors (Lipinski definition) is 11. The quantitative estimate of drug-likeness (QED) is 0.167. The first-order chi connectivity index (χ1) is 19.7. The van der Waals surface area contributed by atoms with Crippen LogP contribution < -0.4 is 27.0 Å². The number of carbonyl (C=O) groups is 1. The largest absolute Gasteiger partial charge is 0.378 e. The van der Waals surface area contributed by atoms with E-state index in [0.717, 1.165) is 24.1 Å². The van der Waals surface area contributed by atoms with E-state index in [-0.39, 0.29) is 5.91 Å². The maximum Gasteiger partial charge on any atom is 0.251 e. The molecule has 1 amide bonds. The maximum atomic E-state index is 12.5. The van der Waals surface area contributed by atoms with Gasteiger partial charge >= 0.3 is 0 Å². The maximum absolute atomic E-state index is 12.5. The number of carbonyl (C=O) groups excluding carboxylic acids is 1. The van der Waals surface area contributed by atoms with E-state index in [2.05, 4.69) is 41.2 Å². The Balaban J connectivity index is 1.33. The van der Waals surface area contributed by atoms with Crippen molar-refractivity contribution < 1.29 is 14.3 Å². The van der Waals surface area contributed by atoms with Gasteiger partial charge in [0.25, 0.3) is 5.91 Å². The molecule has 40 heavy (non-hydrogen) atoms. The van der Waals surface area contributed by atoms with Crippen LogP contribution in [0.15, 0.2) is 48.8 Å². The Morgan fingerprint density at radius 2 is 1.55 bits per heavy atom. The first kappa shape index (κ1) is 29.1. The summed E-state index contributed by atoms with van der Waals surface area (Å²) in [7, 11) is 0. The number of pyridine rings is 1. The fourth-order valence-electron chi connectivity index (χ4n) is 4.26. The summed E-state index contributed by atoms with van der Waals surface area (Å²) in [5, 5.41) is 12.9. The molecule has 0 atom stereocenters. The van der Waals surface area contributed by atoms with E-state index in [9.17, 15) is 4.79 Å². The molecule has 214 valence electrons. The van der Waals surface area contributed by atoms with Crippen molar-refractivity contribution in [2.24, 2.45) is 5.73 Å². The van der Waals surface area contributed by atoms with E-state index in [1.54, 1.807) is 24.5 Å². The molecule has 0 radical (unpaired) electrons. The molecule has 0 unspecified atom stereocenters. The van der Waals surface area contributed by atoms with Crippen LogP contribution >= 0.6 is 0 Å². The first-order valence-corrected chi connectivity index (χ1v) is 13.9. The molecule has 4 rings (SSSR count). The number of nitrogens with two attached hydrogens (primary N) is 1. The molecule has 2 heterocycles. The molecule has 12 nitrogen and oxygen atoms in total. The van der Waals surface area contributed by atoms with E-state index in [1.807, 2.05) is 24.3 Å². The molecule has 12 heteroatoms. The average molecular weight is 550 g/mol. The van der Waals surface area contributed by atoms with E-state index in [0.29, 0.717) is 75.5 Å². The van der Waals surface area contributed by atoms with Crippen LogP contribution in [0.5, 0.6) is 0 Å². The summed E-state index contributed by atoms with van der Waals surface area (Å²) in [5.74, 6) is 1.24. The Labute approximate surface area is 234 Å². The van der Waals surface area contributed by atoms with Gasteiger partial charge in [-0.25, -0.2) is 0 Å². The molecule has 0 aliphatic heterocycles. The van der Waals surface area contributed by atoms with E-state index in [4.69, 9.17) is 15.2 Å². The predicted molar refractivity (Wildman–Crippen MR) is 155 cm³/mol. The minimum absolute atomic E-state index is 0.170. The van der Waals surface area contributed by atoms with Crippen molar-refractivity contribution in [2.75, 3.05) is 55.5 Å². The third-order valence-electron chi connectivity index (χ3n) is 6.34. The highest BCUT2D eigenvalue weighted by atomic mass is 16.5. The zero-order valence-electron chi connectivity index (χ0n) is 22.8. The molecule has 0 saturated heterocycles. The van der Waals surface area contributed by atoms with Crippen molar-refractivity contribution in [1.29, 1.82) is 0 Å². The van der Waals surface area contributed by atoms with Crippen molar-refractivity contribution >= 4 is 29.4 Å². The molecule has 0 spiro atoms. The van der Waals surface area contributed by atoms with Crippen LogP contribution in [0.4, 0.5) is 23.5 Å². The molecular formula is C28H39N9O3. The smallest absolute Gasteiger partial charge is 0.251 e. The van der Waals surface area contributed by atoms with Gasteiger partial charge < -0.3 is 36.5 Å². The number of anilines is 4. The SMILES string of the molecule is NCCOCCOCCNC(=O)c1ccc(Nc2nc(NCc3ccncc3)nc(NC3CCCCC3)n2)cc1. The fourth-order valence-corrected chi connectivity index (χ4v) is 4.26. The van der Waals surface area contributed by atoms with Gasteiger partial charge in [-0.1, -0.05) is 19.3 Å². The second-order valence-corrected chi connectivity index (χ2v) is 9.47. The number of hydrogen-bond donors (Lipinski definition) is 5. The Morgan fingerprint density at radius 1 is 0.850 bits per heavy atom.